The summed E-state index contributed by atoms with van der Waals surface area (Å²) in [5.74, 6) is 1.53. The fourth-order valence-corrected chi connectivity index (χ4v) is 2.38. The summed E-state index contributed by atoms with van der Waals surface area (Å²) in [7, 11) is 0. The molecule has 0 radical (unpaired) electrons. The fourth-order valence-electron chi connectivity index (χ4n) is 2.38. The van der Waals surface area contributed by atoms with Gasteiger partial charge in [-0.1, -0.05) is 18.2 Å². The highest BCUT2D eigenvalue weighted by Gasteiger charge is 2.24. The summed E-state index contributed by atoms with van der Waals surface area (Å²) in [5.41, 5.74) is 1.94. The molecule has 2 aromatic rings. The van der Waals surface area contributed by atoms with Gasteiger partial charge in [0.05, 0.1) is 11.6 Å². The van der Waals surface area contributed by atoms with E-state index in [1.165, 1.54) is 0 Å². The van der Waals surface area contributed by atoms with Gasteiger partial charge in [0.25, 0.3) is 0 Å². The molecule has 3 rings (SSSR count). The van der Waals surface area contributed by atoms with E-state index in [1.54, 1.807) is 0 Å². The average Bonchev–Trinajstić information content (AvgIpc) is 2.89. The Morgan fingerprint density at radius 3 is 3.06 bits per heavy atom. The maximum Gasteiger partial charge on any atom is 0.109 e. The molecule has 0 spiro atoms. The maximum atomic E-state index is 9.07. The van der Waals surface area contributed by atoms with Crippen molar-refractivity contribution in [2.24, 2.45) is 0 Å². The number of nitrogens with zero attached hydrogens (tertiary/aromatic N) is 3. The van der Waals surface area contributed by atoms with Crippen molar-refractivity contribution in [2.45, 2.75) is 18.9 Å². The lowest BCUT2D eigenvalue weighted by molar-refractivity contribution is 0.651. The van der Waals surface area contributed by atoms with Gasteiger partial charge in [-0.2, -0.15) is 5.26 Å². The Labute approximate surface area is 94.0 Å². The number of imidazole rings is 1. The first-order valence-corrected chi connectivity index (χ1v) is 5.37. The molecule has 0 saturated heterocycles. The van der Waals surface area contributed by atoms with Gasteiger partial charge in [-0.25, -0.2) is 4.98 Å². The van der Waals surface area contributed by atoms with Crippen molar-refractivity contribution in [1.82, 2.24) is 9.55 Å². The predicted molar refractivity (Wildman–Crippen MR) is 59.8 cm³/mol. The van der Waals surface area contributed by atoms with Crippen LogP contribution in [-0.4, -0.2) is 9.55 Å². The summed E-state index contributed by atoms with van der Waals surface area (Å²) < 4.78 is 2.17. The Morgan fingerprint density at radius 1 is 1.38 bits per heavy atom. The van der Waals surface area contributed by atoms with E-state index in [0.29, 0.717) is 5.92 Å². The number of benzene rings is 1. The fraction of sp³-hybridized carbons (Fsp3) is 0.231. The average molecular weight is 209 g/mol. The number of fused-ring (bicyclic) bond motifs is 1. The minimum absolute atomic E-state index is 0.402. The Hall–Kier alpha value is -2.08. The van der Waals surface area contributed by atoms with Gasteiger partial charge < -0.3 is 4.57 Å². The highest BCUT2D eigenvalue weighted by atomic mass is 15.1. The van der Waals surface area contributed by atoms with Gasteiger partial charge in [-0.15, -0.1) is 0 Å². The zero-order chi connectivity index (χ0) is 11.0. The summed E-state index contributed by atoms with van der Waals surface area (Å²) in [4.78, 5) is 4.31. The van der Waals surface area contributed by atoms with Gasteiger partial charge in [-0.3, -0.25) is 0 Å². The third-order valence-electron chi connectivity index (χ3n) is 3.17. The normalized spacial score (nSPS) is 18.1. The molecule has 2 heterocycles. The minimum Gasteiger partial charge on any atom is -0.334 e. The van der Waals surface area contributed by atoms with Crippen LogP contribution in [0.3, 0.4) is 0 Å². The Balaban J connectivity index is 1.96. The molecule has 1 aromatic heterocycles. The molecule has 16 heavy (non-hydrogen) atoms. The van der Waals surface area contributed by atoms with Crippen molar-refractivity contribution in [3.05, 3.63) is 53.6 Å². The monoisotopic (exact) mass is 209 g/mol. The van der Waals surface area contributed by atoms with Crippen molar-refractivity contribution >= 4 is 0 Å². The van der Waals surface area contributed by atoms with Crippen LogP contribution in [0.1, 0.15) is 22.9 Å². The largest absolute Gasteiger partial charge is 0.334 e. The summed E-state index contributed by atoms with van der Waals surface area (Å²) in [6.07, 6.45) is 4.78. The quantitative estimate of drug-likeness (QED) is 0.721. The highest BCUT2D eigenvalue weighted by molar-refractivity contribution is 5.40. The van der Waals surface area contributed by atoms with Crippen LogP contribution < -0.4 is 0 Å². The van der Waals surface area contributed by atoms with Crippen molar-refractivity contribution in [3.8, 4) is 6.07 Å². The van der Waals surface area contributed by atoms with Gasteiger partial charge in [-0.05, 0) is 11.6 Å². The van der Waals surface area contributed by atoms with Gasteiger partial charge in [0.15, 0.2) is 0 Å². The lowest BCUT2D eigenvalue weighted by Gasteiger charge is -2.10. The lowest BCUT2D eigenvalue weighted by atomic mass is 9.93. The Kier molecular flexibility index (Phi) is 2.00. The molecule has 0 aliphatic carbocycles. The standard InChI is InChI=1S/C13H11N3/c14-8-10-3-1-2-4-12(10)11-7-13-15-5-6-16(13)9-11/h1-6,11H,7,9H2/t11-/m1/s1. The molecule has 1 aliphatic heterocycles. The zero-order valence-corrected chi connectivity index (χ0v) is 8.80. The van der Waals surface area contributed by atoms with Crippen molar-refractivity contribution < 1.29 is 0 Å². The molecule has 1 aliphatic rings. The van der Waals surface area contributed by atoms with Gasteiger partial charge in [0, 0.05) is 31.3 Å². The van der Waals surface area contributed by atoms with Crippen LogP contribution >= 0.6 is 0 Å². The molecule has 1 aromatic carbocycles. The molecule has 0 bridgehead atoms. The topological polar surface area (TPSA) is 41.6 Å². The molecule has 3 heteroatoms. The van der Waals surface area contributed by atoms with Crippen molar-refractivity contribution in [1.29, 1.82) is 5.26 Å². The van der Waals surface area contributed by atoms with Gasteiger partial charge >= 0.3 is 0 Å². The van der Waals surface area contributed by atoms with E-state index in [1.807, 2.05) is 30.6 Å². The van der Waals surface area contributed by atoms with Crippen LogP contribution in [0.4, 0.5) is 0 Å². The first-order chi connectivity index (χ1) is 7.88. The third kappa shape index (κ3) is 1.31. The predicted octanol–water partition coefficient (Wildman–Crippen LogP) is 2.09. The molecule has 3 nitrogen and oxygen atoms in total. The first kappa shape index (κ1) is 9.17. The Bertz CT molecular complexity index is 542. The number of aromatic nitrogens is 2. The van der Waals surface area contributed by atoms with Crippen LogP contribution in [0, 0.1) is 11.3 Å². The molecule has 0 fully saturated rings. The van der Waals surface area contributed by atoms with Gasteiger partial charge in [0.2, 0.25) is 0 Å². The van der Waals surface area contributed by atoms with Crippen molar-refractivity contribution in [2.75, 3.05) is 0 Å². The second-order valence-corrected chi connectivity index (χ2v) is 4.10. The number of hydrogen-bond acceptors (Lipinski definition) is 2. The van der Waals surface area contributed by atoms with Crippen LogP contribution in [0.15, 0.2) is 36.7 Å². The second kappa shape index (κ2) is 3.49. The number of hydrogen-bond donors (Lipinski definition) is 0. The molecule has 78 valence electrons. The van der Waals surface area contributed by atoms with E-state index in [0.717, 1.165) is 29.9 Å². The summed E-state index contributed by atoms with van der Waals surface area (Å²) in [5, 5.41) is 9.07. The maximum absolute atomic E-state index is 9.07. The molecular weight excluding hydrogens is 198 g/mol. The van der Waals surface area contributed by atoms with E-state index in [4.69, 9.17) is 5.26 Å². The molecule has 0 N–H and O–H groups in total. The Morgan fingerprint density at radius 2 is 2.25 bits per heavy atom. The summed E-state index contributed by atoms with van der Waals surface area (Å²) in [6.45, 7) is 0.939. The molecule has 0 unspecified atom stereocenters. The smallest absolute Gasteiger partial charge is 0.109 e. The van der Waals surface area contributed by atoms with Gasteiger partial charge in [0.1, 0.15) is 5.82 Å². The SMILES string of the molecule is N#Cc1ccccc1[C@@H]1Cc2nccn2C1. The summed E-state index contributed by atoms with van der Waals surface area (Å²) >= 11 is 0. The second-order valence-electron chi connectivity index (χ2n) is 4.10. The first-order valence-electron chi connectivity index (χ1n) is 5.37. The van der Waals surface area contributed by atoms with Crippen LogP contribution in [0.2, 0.25) is 0 Å². The lowest BCUT2D eigenvalue weighted by Crippen LogP contribution is -2.02. The third-order valence-corrected chi connectivity index (χ3v) is 3.17. The molecule has 0 saturated carbocycles. The van der Waals surface area contributed by atoms with Crippen molar-refractivity contribution in [3.63, 3.8) is 0 Å². The van der Waals surface area contributed by atoms with E-state index >= 15 is 0 Å². The van der Waals surface area contributed by atoms with Crippen LogP contribution in [0.25, 0.3) is 0 Å². The number of rotatable bonds is 1. The van der Waals surface area contributed by atoms with Crippen LogP contribution in [0.5, 0.6) is 0 Å². The van der Waals surface area contributed by atoms with E-state index < -0.39 is 0 Å². The van der Waals surface area contributed by atoms with E-state index in [2.05, 4.69) is 21.7 Å². The molecule has 1 atom stereocenters. The van der Waals surface area contributed by atoms with E-state index in [9.17, 15) is 0 Å². The summed E-state index contributed by atoms with van der Waals surface area (Å²) in [6, 6.07) is 10.1. The zero-order valence-electron chi connectivity index (χ0n) is 8.80. The minimum atomic E-state index is 0.402. The molecular formula is C13H11N3. The molecule has 0 amide bonds. The number of nitriles is 1. The van der Waals surface area contributed by atoms with E-state index in [-0.39, 0.29) is 0 Å². The highest BCUT2D eigenvalue weighted by Crippen LogP contribution is 2.30. The van der Waals surface area contributed by atoms with Crippen LogP contribution in [-0.2, 0) is 13.0 Å².